The Balaban J connectivity index is 1.97. The number of hydrogen-bond acceptors (Lipinski definition) is 2. The van der Waals surface area contributed by atoms with Gasteiger partial charge in [-0.3, -0.25) is 4.79 Å². The zero-order valence-electron chi connectivity index (χ0n) is 12.0. The standard InChI is InChI=1S/C17H19BrN2O/c1-20(12-14-9-5-6-10-15(14)18)17(21)16(19)11-13-7-3-2-4-8-13/h2-10,16H,11-12,19H2,1H3. The fourth-order valence-corrected chi connectivity index (χ4v) is 2.61. The molecule has 0 aliphatic carbocycles. The number of carbonyl (C=O) groups is 1. The van der Waals surface area contributed by atoms with Crippen LogP contribution in [0.2, 0.25) is 0 Å². The number of benzene rings is 2. The molecule has 0 saturated heterocycles. The second kappa shape index (κ2) is 7.38. The quantitative estimate of drug-likeness (QED) is 0.904. The Hall–Kier alpha value is -1.65. The molecule has 1 amide bonds. The predicted octanol–water partition coefficient (Wildman–Crippen LogP) is 2.98. The lowest BCUT2D eigenvalue weighted by atomic mass is 10.1. The minimum absolute atomic E-state index is 0.0467. The van der Waals surface area contributed by atoms with E-state index in [0.29, 0.717) is 13.0 Å². The Morgan fingerprint density at radius 2 is 1.76 bits per heavy atom. The van der Waals surface area contributed by atoms with Gasteiger partial charge in [0.1, 0.15) is 0 Å². The van der Waals surface area contributed by atoms with Gasteiger partial charge in [0, 0.05) is 18.1 Å². The highest BCUT2D eigenvalue weighted by Gasteiger charge is 2.19. The number of nitrogens with two attached hydrogens (primary N) is 1. The molecule has 2 N–H and O–H groups in total. The van der Waals surface area contributed by atoms with Gasteiger partial charge in [-0.2, -0.15) is 0 Å². The van der Waals surface area contributed by atoms with E-state index in [1.165, 1.54) is 0 Å². The Kier molecular flexibility index (Phi) is 5.53. The lowest BCUT2D eigenvalue weighted by Gasteiger charge is -2.22. The Bertz CT molecular complexity index is 601. The van der Waals surface area contributed by atoms with E-state index in [9.17, 15) is 4.79 Å². The zero-order valence-corrected chi connectivity index (χ0v) is 13.6. The van der Waals surface area contributed by atoms with Crippen molar-refractivity contribution < 1.29 is 4.79 Å². The van der Waals surface area contributed by atoms with Crippen LogP contribution in [-0.4, -0.2) is 23.9 Å². The molecule has 0 radical (unpaired) electrons. The van der Waals surface area contributed by atoms with Crippen LogP contribution in [0.25, 0.3) is 0 Å². The van der Waals surface area contributed by atoms with E-state index in [4.69, 9.17) is 5.73 Å². The van der Waals surface area contributed by atoms with E-state index in [1.54, 1.807) is 11.9 Å². The molecule has 0 aromatic heterocycles. The maximum atomic E-state index is 12.3. The van der Waals surface area contributed by atoms with Gasteiger partial charge in [0.2, 0.25) is 5.91 Å². The molecule has 3 nitrogen and oxygen atoms in total. The van der Waals surface area contributed by atoms with Crippen molar-refractivity contribution in [1.29, 1.82) is 0 Å². The molecule has 0 aliphatic heterocycles. The third-order valence-corrected chi connectivity index (χ3v) is 4.13. The predicted molar refractivity (Wildman–Crippen MR) is 88.7 cm³/mol. The fourth-order valence-electron chi connectivity index (χ4n) is 2.20. The maximum absolute atomic E-state index is 12.3. The van der Waals surface area contributed by atoms with Crippen molar-refractivity contribution in [2.24, 2.45) is 5.73 Å². The fraction of sp³-hybridized carbons (Fsp3) is 0.235. The van der Waals surface area contributed by atoms with Crippen molar-refractivity contribution in [2.75, 3.05) is 7.05 Å². The van der Waals surface area contributed by atoms with Crippen molar-refractivity contribution in [3.63, 3.8) is 0 Å². The second-order valence-corrected chi connectivity index (χ2v) is 5.94. The highest BCUT2D eigenvalue weighted by molar-refractivity contribution is 9.10. The second-order valence-electron chi connectivity index (χ2n) is 5.08. The summed E-state index contributed by atoms with van der Waals surface area (Å²) in [6.45, 7) is 0.544. The molecule has 0 aliphatic rings. The van der Waals surface area contributed by atoms with Crippen LogP contribution in [-0.2, 0) is 17.8 Å². The summed E-state index contributed by atoms with van der Waals surface area (Å²) >= 11 is 3.50. The van der Waals surface area contributed by atoms with Gasteiger partial charge < -0.3 is 10.6 Å². The number of amides is 1. The molecule has 0 saturated carbocycles. The first-order chi connectivity index (χ1) is 10.1. The van der Waals surface area contributed by atoms with Crippen LogP contribution in [0.5, 0.6) is 0 Å². The molecular weight excluding hydrogens is 328 g/mol. The summed E-state index contributed by atoms with van der Waals surface area (Å²) in [5, 5.41) is 0. The average molecular weight is 347 g/mol. The van der Waals surface area contributed by atoms with E-state index in [1.807, 2.05) is 54.6 Å². The topological polar surface area (TPSA) is 46.3 Å². The minimum atomic E-state index is -0.514. The molecule has 2 rings (SSSR count). The molecule has 1 unspecified atom stereocenters. The Labute approximate surface area is 133 Å². The molecule has 0 spiro atoms. The summed E-state index contributed by atoms with van der Waals surface area (Å²) in [6, 6.07) is 17.2. The van der Waals surface area contributed by atoms with Gasteiger partial charge in [-0.05, 0) is 23.6 Å². The summed E-state index contributed by atoms with van der Waals surface area (Å²) in [6.07, 6.45) is 0.556. The van der Waals surface area contributed by atoms with Crippen LogP contribution >= 0.6 is 15.9 Å². The number of likely N-dealkylation sites (N-methyl/N-ethyl adjacent to an activating group) is 1. The van der Waals surface area contributed by atoms with E-state index < -0.39 is 6.04 Å². The molecule has 0 heterocycles. The molecule has 2 aromatic rings. The number of hydrogen-bond donors (Lipinski definition) is 1. The monoisotopic (exact) mass is 346 g/mol. The van der Waals surface area contributed by atoms with Gasteiger partial charge in [0.15, 0.2) is 0 Å². The number of rotatable bonds is 5. The smallest absolute Gasteiger partial charge is 0.239 e. The highest BCUT2D eigenvalue weighted by atomic mass is 79.9. The first-order valence-electron chi connectivity index (χ1n) is 6.86. The van der Waals surface area contributed by atoms with Crippen LogP contribution in [0.3, 0.4) is 0 Å². The van der Waals surface area contributed by atoms with Crippen LogP contribution in [0.1, 0.15) is 11.1 Å². The highest BCUT2D eigenvalue weighted by Crippen LogP contribution is 2.17. The number of carbonyl (C=O) groups excluding carboxylic acids is 1. The Morgan fingerprint density at radius 3 is 2.43 bits per heavy atom. The van der Waals surface area contributed by atoms with Crippen molar-refractivity contribution in [2.45, 2.75) is 19.0 Å². The largest absolute Gasteiger partial charge is 0.340 e. The summed E-state index contributed by atoms with van der Waals surface area (Å²) in [7, 11) is 1.78. The first-order valence-corrected chi connectivity index (χ1v) is 7.65. The summed E-state index contributed by atoms with van der Waals surface area (Å²) in [5.74, 6) is -0.0467. The number of nitrogens with zero attached hydrogens (tertiary/aromatic N) is 1. The van der Waals surface area contributed by atoms with Crippen molar-refractivity contribution in [1.82, 2.24) is 4.90 Å². The molecule has 21 heavy (non-hydrogen) atoms. The molecule has 2 aromatic carbocycles. The van der Waals surface area contributed by atoms with E-state index in [0.717, 1.165) is 15.6 Å². The van der Waals surface area contributed by atoms with Crippen molar-refractivity contribution in [3.05, 3.63) is 70.2 Å². The normalized spacial score (nSPS) is 12.0. The van der Waals surface area contributed by atoms with Crippen LogP contribution in [0.15, 0.2) is 59.1 Å². The van der Waals surface area contributed by atoms with E-state index >= 15 is 0 Å². The molecule has 0 fully saturated rings. The van der Waals surface area contributed by atoms with Crippen molar-refractivity contribution >= 4 is 21.8 Å². The molecule has 4 heteroatoms. The molecular formula is C17H19BrN2O. The van der Waals surface area contributed by atoms with Crippen LogP contribution < -0.4 is 5.73 Å². The molecule has 1 atom stereocenters. The molecule has 0 bridgehead atoms. The van der Waals surface area contributed by atoms with Gasteiger partial charge in [0.25, 0.3) is 0 Å². The summed E-state index contributed by atoms with van der Waals surface area (Å²) < 4.78 is 1.00. The average Bonchev–Trinajstić information content (AvgIpc) is 2.49. The molecule has 110 valence electrons. The summed E-state index contributed by atoms with van der Waals surface area (Å²) in [4.78, 5) is 14.0. The van der Waals surface area contributed by atoms with E-state index in [-0.39, 0.29) is 5.91 Å². The van der Waals surface area contributed by atoms with Gasteiger partial charge in [-0.1, -0.05) is 64.5 Å². The lowest BCUT2D eigenvalue weighted by Crippen LogP contribution is -2.42. The lowest BCUT2D eigenvalue weighted by molar-refractivity contribution is -0.131. The minimum Gasteiger partial charge on any atom is -0.340 e. The summed E-state index contributed by atoms with van der Waals surface area (Å²) in [5.41, 5.74) is 8.19. The third-order valence-electron chi connectivity index (χ3n) is 3.36. The van der Waals surface area contributed by atoms with Crippen LogP contribution in [0.4, 0.5) is 0 Å². The van der Waals surface area contributed by atoms with Gasteiger partial charge in [0.05, 0.1) is 6.04 Å². The maximum Gasteiger partial charge on any atom is 0.239 e. The zero-order chi connectivity index (χ0) is 15.2. The third kappa shape index (κ3) is 4.41. The SMILES string of the molecule is CN(Cc1ccccc1Br)C(=O)C(N)Cc1ccccc1. The van der Waals surface area contributed by atoms with Gasteiger partial charge >= 0.3 is 0 Å². The number of halogens is 1. The van der Waals surface area contributed by atoms with Gasteiger partial charge in [-0.25, -0.2) is 0 Å². The van der Waals surface area contributed by atoms with Crippen LogP contribution in [0, 0.1) is 0 Å². The van der Waals surface area contributed by atoms with Crippen molar-refractivity contribution in [3.8, 4) is 0 Å². The Morgan fingerprint density at radius 1 is 1.14 bits per heavy atom. The van der Waals surface area contributed by atoms with Gasteiger partial charge in [-0.15, -0.1) is 0 Å². The first kappa shape index (κ1) is 15.7. The van der Waals surface area contributed by atoms with E-state index in [2.05, 4.69) is 15.9 Å².